The standard InChI is InChI=1S/C23H27FN4O3/c1-14-17(23(30)28-10-2-3-19(29)22(28)25-14)6-4-15-8-11-27(12-9-15)21-18-7-5-16(24)13-20(18)31-26-21/h5,7,13,15,19,29H,2-4,6,8-12H2,1H3. The van der Waals surface area contributed by atoms with Gasteiger partial charge >= 0.3 is 0 Å². The van der Waals surface area contributed by atoms with Crippen LogP contribution in [0.4, 0.5) is 10.2 Å². The molecule has 0 bridgehead atoms. The van der Waals surface area contributed by atoms with Crippen LogP contribution >= 0.6 is 0 Å². The monoisotopic (exact) mass is 426 g/mol. The Morgan fingerprint density at radius 2 is 2.03 bits per heavy atom. The highest BCUT2D eigenvalue weighted by atomic mass is 19.1. The molecular formula is C23H27FN4O3. The maximum Gasteiger partial charge on any atom is 0.257 e. The second kappa shape index (κ2) is 8.07. The number of aryl methyl sites for hydroxylation is 1. The molecule has 7 nitrogen and oxygen atoms in total. The number of piperidine rings is 1. The van der Waals surface area contributed by atoms with E-state index in [0.29, 0.717) is 36.7 Å². The van der Waals surface area contributed by atoms with Crippen molar-refractivity contribution in [3.05, 3.63) is 51.5 Å². The minimum atomic E-state index is -0.636. The van der Waals surface area contributed by atoms with Crippen molar-refractivity contribution in [2.24, 2.45) is 5.92 Å². The highest BCUT2D eigenvalue weighted by molar-refractivity contribution is 5.88. The van der Waals surface area contributed by atoms with Gasteiger partial charge in [-0.2, -0.15) is 0 Å². The lowest BCUT2D eigenvalue weighted by atomic mass is 9.90. The molecular weight excluding hydrogens is 399 g/mol. The summed E-state index contributed by atoms with van der Waals surface area (Å²) < 4.78 is 20.4. The molecule has 0 amide bonds. The quantitative estimate of drug-likeness (QED) is 0.687. The van der Waals surface area contributed by atoms with E-state index >= 15 is 0 Å². The average Bonchev–Trinajstić information content (AvgIpc) is 3.18. The van der Waals surface area contributed by atoms with Crippen molar-refractivity contribution >= 4 is 16.8 Å². The molecule has 3 aromatic rings. The minimum absolute atomic E-state index is 0.0139. The number of hydrogen-bond donors (Lipinski definition) is 1. The molecule has 1 fully saturated rings. The Balaban J connectivity index is 1.24. The Morgan fingerprint density at radius 3 is 2.84 bits per heavy atom. The SMILES string of the molecule is Cc1nc2n(c(=O)c1CCC1CCN(c3noc4cc(F)ccc34)CC1)CCCC2O. The van der Waals surface area contributed by atoms with Gasteiger partial charge in [-0.15, -0.1) is 0 Å². The Kier molecular flexibility index (Phi) is 5.25. The molecule has 1 aromatic carbocycles. The summed E-state index contributed by atoms with van der Waals surface area (Å²) in [6.07, 6.45) is 4.51. The Hall–Kier alpha value is -2.74. The number of nitrogens with zero attached hydrogens (tertiary/aromatic N) is 4. The van der Waals surface area contributed by atoms with Gasteiger partial charge in [-0.1, -0.05) is 5.16 Å². The van der Waals surface area contributed by atoms with Gasteiger partial charge < -0.3 is 14.5 Å². The van der Waals surface area contributed by atoms with E-state index in [1.165, 1.54) is 12.1 Å². The summed E-state index contributed by atoms with van der Waals surface area (Å²) >= 11 is 0. The number of fused-ring (bicyclic) bond motifs is 2. The van der Waals surface area contributed by atoms with E-state index in [-0.39, 0.29) is 11.4 Å². The third-order valence-electron chi connectivity index (χ3n) is 6.79. The zero-order valence-electron chi connectivity index (χ0n) is 17.7. The molecule has 164 valence electrons. The lowest BCUT2D eigenvalue weighted by Crippen LogP contribution is -2.35. The fourth-order valence-corrected chi connectivity index (χ4v) is 4.96. The predicted molar refractivity (Wildman–Crippen MR) is 115 cm³/mol. The van der Waals surface area contributed by atoms with Crippen LogP contribution in [0.2, 0.25) is 0 Å². The number of aliphatic hydroxyl groups excluding tert-OH is 1. The molecule has 0 radical (unpaired) electrons. The molecule has 2 aliphatic heterocycles. The molecule has 0 aliphatic carbocycles. The van der Waals surface area contributed by atoms with Crippen molar-refractivity contribution in [1.82, 2.24) is 14.7 Å². The normalized spacial score (nSPS) is 19.7. The van der Waals surface area contributed by atoms with Crippen molar-refractivity contribution in [3.63, 3.8) is 0 Å². The van der Waals surface area contributed by atoms with Gasteiger partial charge in [0.15, 0.2) is 11.4 Å². The molecule has 2 aliphatic rings. The summed E-state index contributed by atoms with van der Waals surface area (Å²) in [6.45, 7) is 4.23. The second-order valence-corrected chi connectivity index (χ2v) is 8.76. The topological polar surface area (TPSA) is 84.4 Å². The molecule has 0 saturated carbocycles. The summed E-state index contributed by atoms with van der Waals surface area (Å²) in [7, 11) is 0. The van der Waals surface area contributed by atoms with Crippen LogP contribution in [0.15, 0.2) is 27.5 Å². The van der Waals surface area contributed by atoms with Crippen molar-refractivity contribution in [2.75, 3.05) is 18.0 Å². The van der Waals surface area contributed by atoms with Crippen molar-refractivity contribution < 1.29 is 14.0 Å². The molecule has 1 unspecified atom stereocenters. The van der Waals surface area contributed by atoms with Gasteiger partial charge in [0.05, 0.1) is 5.39 Å². The zero-order chi connectivity index (χ0) is 21.5. The number of rotatable bonds is 4. The molecule has 1 saturated heterocycles. The van der Waals surface area contributed by atoms with Gasteiger partial charge in [0.25, 0.3) is 5.56 Å². The molecule has 1 N–H and O–H groups in total. The average molecular weight is 426 g/mol. The van der Waals surface area contributed by atoms with E-state index in [2.05, 4.69) is 15.0 Å². The van der Waals surface area contributed by atoms with Crippen LogP contribution in [-0.2, 0) is 13.0 Å². The van der Waals surface area contributed by atoms with E-state index in [0.717, 1.165) is 61.2 Å². The smallest absolute Gasteiger partial charge is 0.257 e. The molecule has 8 heteroatoms. The van der Waals surface area contributed by atoms with Crippen molar-refractivity contribution in [3.8, 4) is 0 Å². The van der Waals surface area contributed by atoms with Crippen LogP contribution in [-0.4, -0.2) is 32.9 Å². The first-order valence-corrected chi connectivity index (χ1v) is 11.1. The van der Waals surface area contributed by atoms with Gasteiger partial charge in [-0.25, -0.2) is 9.37 Å². The number of hydrogen-bond acceptors (Lipinski definition) is 6. The Bertz CT molecular complexity index is 1160. The molecule has 31 heavy (non-hydrogen) atoms. The lowest BCUT2D eigenvalue weighted by molar-refractivity contribution is 0.129. The van der Waals surface area contributed by atoms with E-state index in [9.17, 15) is 14.3 Å². The van der Waals surface area contributed by atoms with Crippen molar-refractivity contribution in [1.29, 1.82) is 0 Å². The number of aliphatic hydroxyl groups is 1. The van der Waals surface area contributed by atoms with Crippen LogP contribution in [0.3, 0.4) is 0 Å². The van der Waals surface area contributed by atoms with E-state index in [1.54, 1.807) is 10.6 Å². The summed E-state index contributed by atoms with van der Waals surface area (Å²) in [5.74, 6) is 1.49. The second-order valence-electron chi connectivity index (χ2n) is 8.76. The first kappa shape index (κ1) is 20.2. The van der Waals surface area contributed by atoms with Gasteiger partial charge in [-0.3, -0.25) is 9.36 Å². The maximum atomic E-state index is 13.4. The van der Waals surface area contributed by atoms with Gasteiger partial charge in [-0.05, 0) is 63.5 Å². The minimum Gasteiger partial charge on any atom is -0.385 e. The van der Waals surface area contributed by atoms with Gasteiger partial charge in [0, 0.05) is 37.0 Å². The van der Waals surface area contributed by atoms with Gasteiger partial charge in [0.2, 0.25) is 0 Å². The summed E-state index contributed by atoms with van der Waals surface area (Å²) in [5, 5.41) is 15.2. The van der Waals surface area contributed by atoms with E-state index in [4.69, 9.17) is 4.52 Å². The number of benzene rings is 1. The van der Waals surface area contributed by atoms with Crippen LogP contribution in [0.25, 0.3) is 11.0 Å². The molecule has 0 spiro atoms. The highest BCUT2D eigenvalue weighted by Gasteiger charge is 2.26. The molecule has 2 aromatic heterocycles. The Morgan fingerprint density at radius 1 is 1.23 bits per heavy atom. The third kappa shape index (κ3) is 3.73. The fraction of sp³-hybridized carbons (Fsp3) is 0.522. The third-order valence-corrected chi connectivity index (χ3v) is 6.79. The summed E-state index contributed by atoms with van der Waals surface area (Å²) in [4.78, 5) is 19.7. The van der Waals surface area contributed by atoms with Crippen LogP contribution in [0.1, 0.15) is 55.3 Å². The van der Waals surface area contributed by atoms with Crippen LogP contribution < -0.4 is 10.5 Å². The Labute approximate surface area is 179 Å². The van der Waals surface area contributed by atoms with E-state index in [1.807, 2.05) is 6.92 Å². The highest BCUT2D eigenvalue weighted by Crippen LogP contribution is 2.31. The molecule has 4 heterocycles. The van der Waals surface area contributed by atoms with Crippen LogP contribution in [0.5, 0.6) is 0 Å². The number of aromatic nitrogens is 3. The lowest BCUT2D eigenvalue weighted by Gasteiger charge is -2.32. The molecule has 5 rings (SSSR count). The first-order chi connectivity index (χ1) is 15.0. The summed E-state index contributed by atoms with van der Waals surface area (Å²) in [6, 6.07) is 4.52. The van der Waals surface area contributed by atoms with Crippen molar-refractivity contribution in [2.45, 2.75) is 58.1 Å². The van der Waals surface area contributed by atoms with E-state index < -0.39 is 6.10 Å². The van der Waals surface area contributed by atoms with Gasteiger partial charge in [0.1, 0.15) is 17.7 Å². The predicted octanol–water partition coefficient (Wildman–Crippen LogP) is 3.51. The molecule has 1 atom stereocenters. The number of halogens is 1. The largest absolute Gasteiger partial charge is 0.385 e. The van der Waals surface area contributed by atoms with Crippen LogP contribution in [0, 0.1) is 18.7 Å². The summed E-state index contributed by atoms with van der Waals surface area (Å²) in [5.41, 5.74) is 2.01. The first-order valence-electron chi connectivity index (χ1n) is 11.1. The zero-order valence-corrected chi connectivity index (χ0v) is 17.7. The fourth-order valence-electron chi connectivity index (χ4n) is 4.96. The number of anilines is 1. The maximum absolute atomic E-state index is 13.4.